The highest BCUT2D eigenvalue weighted by Crippen LogP contribution is 2.49. The number of carbonyl (C=O) groups is 1. The van der Waals surface area contributed by atoms with Crippen molar-refractivity contribution in [3.05, 3.63) is 36.7 Å². The fraction of sp³-hybridized carbons (Fsp3) is 0.435. The molecule has 39 heavy (non-hydrogen) atoms. The average Bonchev–Trinajstić information content (AvgIpc) is 3.45. The number of nitrogens with zero attached hydrogens (tertiary/aromatic N) is 5. The summed E-state index contributed by atoms with van der Waals surface area (Å²) >= 11 is 0. The second-order valence-electron chi connectivity index (χ2n) is 8.85. The van der Waals surface area contributed by atoms with Crippen molar-refractivity contribution in [1.29, 1.82) is 5.26 Å². The number of ether oxygens (including phenoxy) is 3. The van der Waals surface area contributed by atoms with Crippen LogP contribution in [-0.4, -0.2) is 69.7 Å². The van der Waals surface area contributed by atoms with Gasteiger partial charge in [0.25, 0.3) is 0 Å². The first-order valence-electron chi connectivity index (χ1n) is 11.7. The Morgan fingerprint density at radius 3 is 2.72 bits per heavy atom. The lowest BCUT2D eigenvalue weighted by atomic mass is 9.84. The van der Waals surface area contributed by atoms with Crippen molar-refractivity contribution in [2.24, 2.45) is 5.41 Å². The Bertz CT molecular complexity index is 1430. The number of carbonyl (C=O) groups excluding carboxylic acids is 1. The third-order valence-electron chi connectivity index (χ3n) is 6.16. The van der Waals surface area contributed by atoms with E-state index >= 15 is 0 Å². The first-order valence-corrected chi connectivity index (χ1v) is 13.2. The van der Waals surface area contributed by atoms with Crippen molar-refractivity contribution < 1.29 is 37.7 Å². The number of nitriles is 1. The lowest BCUT2D eigenvalue weighted by molar-refractivity contribution is -0.142. The predicted octanol–water partition coefficient (Wildman–Crippen LogP) is 1.56. The Hall–Kier alpha value is -3.80. The molecule has 4 N–H and O–H groups in total. The van der Waals surface area contributed by atoms with E-state index in [0.29, 0.717) is 0 Å². The van der Waals surface area contributed by atoms with Crippen molar-refractivity contribution in [1.82, 2.24) is 24.6 Å². The summed E-state index contributed by atoms with van der Waals surface area (Å²) < 4.78 is 42.3. The number of aromatic nitrogens is 4. The largest absolute Gasteiger partial charge is 0.479 e. The molecule has 1 unspecified atom stereocenters. The van der Waals surface area contributed by atoms with Crippen LogP contribution in [0, 0.1) is 16.7 Å². The summed E-state index contributed by atoms with van der Waals surface area (Å²) in [5, 5.41) is 23.7. The smallest absolute Gasteiger partial charge is 0.459 e. The Morgan fingerprint density at radius 1 is 1.36 bits per heavy atom. The minimum Gasteiger partial charge on any atom is -0.479 e. The SMILES string of the molecule is COC(=O)[C@H](C)NP(=O)(OC[C@H]1O[C@@H](n2cnc3c(OC)nc(N)nc32)[C@](C)(C#N)[C@@H]1O)Oc1ccccc1. The van der Waals surface area contributed by atoms with E-state index < -0.39 is 50.2 Å². The summed E-state index contributed by atoms with van der Waals surface area (Å²) in [6.07, 6.45) is -2.30. The topological polar surface area (TPSA) is 206 Å². The zero-order valence-corrected chi connectivity index (χ0v) is 22.4. The zero-order valence-electron chi connectivity index (χ0n) is 21.5. The van der Waals surface area contributed by atoms with Crippen molar-refractivity contribution in [2.75, 3.05) is 26.6 Å². The highest BCUT2D eigenvalue weighted by molar-refractivity contribution is 7.52. The molecule has 0 bridgehead atoms. The number of aliphatic hydroxyl groups excluding tert-OH is 1. The normalized spacial score (nSPS) is 25.0. The molecule has 0 amide bonds. The number of aliphatic hydroxyl groups is 1. The molecule has 1 fully saturated rings. The van der Waals surface area contributed by atoms with E-state index in [9.17, 15) is 19.7 Å². The Kier molecular flexibility index (Phi) is 8.05. The first kappa shape index (κ1) is 28.2. The summed E-state index contributed by atoms with van der Waals surface area (Å²) in [4.78, 5) is 24.4. The number of nitrogens with one attached hydrogen (secondary N) is 1. The average molecular weight is 561 g/mol. The van der Waals surface area contributed by atoms with Gasteiger partial charge in [0.1, 0.15) is 29.4 Å². The van der Waals surface area contributed by atoms with Crippen LogP contribution in [0.2, 0.25) is 0 Å². The summed E-state index contributed by atoms with van der Waals surface area (Å²) in [5.41, 5.74) is 4.77. The Morgan fingerprint density at radius 2 is 2.08 bits per heavy atom. The van der Waals surface area contributed by atoms with Gasteiger partial charge in [0.2, 0.25) is 11.8 Å². The first-order chi connectivity index (χ1) is 18.5. The van der Waals surface area contributed by atoms with Crippen LogP contribution in [-0.2, 0) is 23.4 Å². The van der Waals surface area contributed by atoms with Crippen LogP contribution < -0.4 is 20.1 Å². The number of hydrogen-bond acceptors (Lipinski definition) is 13. The van der Waals surface area contributed by atoms with Crippen LogP contribution in [0.4, 0.5) is 5.95 Å². The maximum atomic E-state index is 13.7. The molecule has 1 aliphatic rings. The van der Waals surface area contributed by atoms with Gasteiger partial charge in [-0.25, -0.2) is 9.55 Å². The van der Waals surface area contributed by atoms with E-state index in [0.717, 1.165) is 0 Å². The van der Waals surface area contributed by atoms with Gasteiger partial charge >= 0.3 is 13.7 Å². The monoisotopic (exact) mass is 561 g/mol. The van der Waals surface area contributed by atoms with Crippen LogP contribution in [0.3, 0.4) is 0 Å². The molecule has 6 atom stereocenters. The van der Waals surface area contributed by atoms with Gasteiger partial charge in [-0.05, 0) is 26.0 Å². The minimum atomic E-state index is -4.23. The molecule has 1 aromatic carbocycles. The quantitative estimate of drug-likeness (QED) is 0.237. The van der Waals surface area contributed by atoms with Crippen molar-refractivity contribution >= 4 is 30.8 Å². The van der Waals surface area contributed by atoms with Crippen LogP contribution in [0.25, 0.3) is 11.2 Å². The highest BCUT2D eigenvalue weighted by atomic mass is 31.2. The maximum absolute atomic E-state index is 13.7. The molecule has 1 aliphatic heterocycles. The molecule has 16 heteroatoms. The molecule has 1 saturated heterocycles. The number of benzene rings is 1. The zero-order chi connectivity index (χ0) is 28.4. The van der Waals surface area contributed by atoms with E-state index in [-0.39, 0.29) is 28.7 Å². The van der Waals surface area contributed by atoms with Gasteiger partial charge in [0, 0.05) is 0 Å². The number of imidazole rings is 1. The fourth-order valence-electron chi connectivity index (χ4n) is 4.09. The maximum Gasteiger partial charge on any atom is 0.459 e. The van der Waals surface area contributed by atoms with Gasteiger partial charge in [-0.3, -0.25) is 13.9 Å². The van der Waals surface area contributed by atoms with Gasteiger partial charge < -0.3 is 29.6 Å². The van der Waals surface area contributed by atoms with Gasteiger partial charge in [-0.15, -0.1) is 0 Å². The standard InChI is InChI=1S/C23H28N7O8P/c1-13(20(32)35-4)29-39(33,38-14-8-6-5-7-9-14)36-10-15-17(31)23(2,11-24)21(37-15)30-12-26-16-18(30)27-22(25)28-19(16)34-3/h5-9,12-13,15,17,21,31H,10H2,1-4H3,(H,29,33)(H2,25,27,28)/t13-,15+,17+,21+,23+,39?/m0/s1. The molecule has 0 radical (unpaired) electrons. The highest BCUT2D eigenvalue weighted by Gasteiger charge is 2.55. The number of methoxy groups -OCH3 is 2. The van der Waals surface area contributed by atoms with E-state index in [2.05, 4.69) is 30.8 Å². The lowest BCUT2D eigenvalue weighted by Gasteiger charge is -2.26. The molecule has 0 spiro atoms. The number of nitrogen functional groups attached to an aromatic ring is 1. The Labute approximate surface area is 223 Å². The molecule has 4 rings (SSSR count). The van der Waals surface area contributed by atoms with Crippen molar-refractivity contribution in [2.45, 2.75) is 38.3 Å². The van der Waals surface area contributed by atoms with Gasteiger partial charge in [0.05, 0.1) is 33.2 Å². The third kappa shape index (κ3) is 5.51. The number of hydrogen-bond donors (Lipinski definition) is 3. The number of rotatable bonds is 10. The lowest BCUT2D eigenvalue weighted by Crippen LogP contribution is -2.38. The molecule has 3 aromatic rings. The third-order valence-corrected chi connectivity index (χ3v) is 7.80. The van der Waals surface area contributed by atoms with E-state index in [1.165, 1.54) is 39.0 Å². The van der Waals surface area contributed by atoms with Gasteiger partial charge in [-0.1, -0.05) is 18.2 Å². The molecule has 3 heterocycles. The van der Waals surface area contributed by atoms with Crippen LogP contribution in [0.15, 0.2) is 36.7 Å². The van der Waals surface area contributed by atoms with Crippen LogP contribution >= 0.6 is 7.75 Å². The van der Waals surface area contributed by atoms with E-state index in [1.54, 1.807) is 30.3 Å². The number of esters is 1. The predicted molar refractivity (Wildman–Crippen MR) is 135 cm³/mol. The molecule has 2 aromatic heterocycles. The summed E-state index contributed by atoms with van der Waals surface area (Å²) in [6.45, 7) is 2.44. The molecular weight excluding hydrogens is 533 g/mol. The molecule has 208 valence electrons. The molecule has 15 nitrogen and oxygen atoms in total. The molecule has 0 saturated carbocycles. The second kappa shape index (κ2) is 11.1. The number of para-hydroxylation sites is 1. The number of fused-ring (bicyclic) bond motifs is 1. The number of nitrogens with two attached hydrogens (primary N) is 1. The second-order valence-corrected chi connectivity index (χ2v) is 10.5. The summed E-state index contributed by atoms with van der Waals surface area (Å²) in [7, 11) is -1.65. The van der Waals surface area contributed by atoms with Crippen LogP contribution in [0.5, 0.6) is 11.6 Å². The summed E-state index contributed by atoms with van der Waals surface area (Å²) in [5.74, 6) is -0.469. The molecule has 0 aliphatic carbocycles. The van der Waals surface area contributed by atoms with Gasteiger partial charge in [0.15, 0.2) is 17.4 Å². The Balaban J connectivity index is 1.61. The number of anilines is 1. The summed E-state index contributed by atoms with van der Waals surface area (Å²) in [6, 6.07) is 9.20. The van der Waals surface area contributed by atoms with Crippen molar-refractivity contribution in [3.8, 4) is 17.7 Å². The van der Waals surface area contributed by atoms with E-state index in [4.69, 9.17) is 24.3 Å². The van der Waals surface area contributed by atoms with Crippen molar-refractivity contribution in [3.63, 3.8) is 0 Å². The van der Waals surface area contributed by atoms with E-state index in [1.807, 2.05) is 0 Å². The van der Waals surface area contributed by atoms with Gasteiger partial charge in [-0.2, -0.15) is 20.3 Å². The molecular formula is C23H28N7O8P. The van der Waals surface area contributed by atoms with Crippen LogP contribution in [0.1, 0.15) is 20.1 Å². The fourth-order valence-corrected chi connectivity index (χ4v) is 5.59. The minimum absolute atomic E-state index is 0.0945.